The van der Waals surface area contributed by atoms with Gasteiger partial charge >= 0.3 is 0 Å². The lowest BCUT2D eigenvalue weighted by Crippen LogP contribution is -2.18. The van der Waals surface area contributed by atoms with Gasteiger partial charge in [0, 0.05) is 38.1 Å². The molecule has 0 spiro atoms. The smallest absolute Gasteiger partial charge is 0.165 e. The van der Waals surface area contributed by atoms with Crippen molar-refractivity contribution in [2.24, 2.45) is 0 Å². The van der Waals surface area contributed by atoms with Gasteiger partial charge in [0.2, 0.25) is 0 Å². The van der Waals surface area contributed by atoms with Crippen molar-refractivity contribution in [2.75, 3.05) is 0 Å². The molecule has 0 radical (unpaired) electrons. The fourth-order valence-corrected chi connectivity index (χ4v) is 7.03. The average molecular weight is 620 g/mol. The number of para-hydroxylation sites is 6. The molecule has 0 aliphatic carbocycles. The minimum Gasteiger partial charge on any atom is -0.309 e. The predicted octanol–water partition coefficient (Wildman–Crippen LogP) is 10.7. The van der Waals surface area contributed by atoms with E-state index in [0.717, 1.165) is 50.4 Å². The highest BCUT2D eigenvalue weighted by atomic mass is 15.1. The van der Waals surface area contributed by atoms with Gasteiger partial charge < -0.3 is 9.13 Å². The zero-order valence-corrected chi connectivity index (χ0v) is 27.1. The molecule has 3 heterocycles. The van der Waals surface area contributed by atoms with Gasteiger partial charge in [-0.3, -0.25) is 0 Å². The highest BCUT2D eigenvalue weighted by Gasteiger charge is 2.25. The highest BCUT2D eigenvalue weighted by molar-refractivity contribution is 6.10. The molecule has 230 valence electrons. The van der Waals surface area contributed by atoms with E-state index in [0.29, 0.717) is 11.6 Å². The molecule has 0 aliphatic rings. The summed E-state index contributed by atoms with van der Waals surface area (Å²) in [5, 5.41) is 4.87. The van der Waals surface area contributed by atoms with Crippen molar-refractivity contribution >= 4 is 43.6 Å². The van der Waals surface area contributed by atoms with Crippen LogP contribution in [0.15, 0.2) is 146 Å². The number of hydrogen-bond acceptors (Lipinski definition) is 3. The number of benzene rings is 6. The largest absolute Gasteiger partial charge is 0.309 e. The van der Waals surface area contributed by atoms with Crippen LogP contribution in [0.25, 0.3) is 77.8 Å². The maximum Gasteiger partial charge on any atom is 0.165 e. The zero-order chi connectivity index (χ0) is 32.4. The van der Waals surface area contributed by atoms with E-state index in [4.69, 9.17) is 15.0 Å². The van der Waals surface area contributed by atoms with E-state index in [1.807, 2.05) is 0 Å². The summed E-state index contributed by atoms with van der Waals surface area (Å²) in [6, 6.07) is 51.3. The summed E-state index contributed by atoms with van der Waals surface area (Å²) in [5.74, 6) is 2.05. The van der Waals surface area contributed by atoms with E-state index in [2.05, 4.69) is 175 Å². The predicted molar refractivity (Wildman–Crippen MR) is 198 cm³/mol. The maximum atomic E-state index is 5.30. The van der Waals surface area contributed by atoms with Gasteiger partial charge in [0.25, 0.3) is 0 Å². The minimum absolute atomic E-state index is 0.310. The Hall–Kier alpha value is -6.07. The first-order valence-electron chi connectivity index (χ1n) is 16.4. The molecule has 0 fully saturated rings. The summed E-state index contributed by atoms with van der Waals surface area (Å²) in [5.41, 5.74) is 8.24. The van der Waals surface area contributed by atoms with Crippen molar-refractivity contribution in [2.45, 2.75) is 26.2 Å². The van der Waals surface area contributed by atoms with Crippen LogP contribution in [0.1, 0.15) is 26.6 Å². The first-order valence-corrected chi connectivity index (χ1v) is 16.4. The number of fused-ring (bicyclic) bond motifs is 6. The molecule has 0 saturated heterocycles. The molecule has 6 aromatic carbocycles. The zero-order valence-electron chi connectivity index (χ0n) is 27.1. The van der Waals surface area contributed by atoms with Crippen LogP contribution < -0.4 is 0 Å². The van der Waals surface area contributed by atoms with Crippen molar-refractivity contribution in [3.8, 4) is 34.2 Å². The van der Waals surface area contributed by atoms with E-state index in [1.54, 1.807) is 0 Å². The van der Waals surface area contributed by atoms with Crippen molar-refractivity contribution in [1.82, 2.24) is 24.1 Å². The quantitative estimate of drug-likeness (QED) is 0.197. The van der Waals surface area contributed by atoms with Gasteiger partial charge in [-0.25, -0.2) is 15.0 Å². The Labute approximate surface area is 278 Å². The monoisotopic (exact) mass is 619 g/mol. The molecule has 0 unspecified atom stereocenters. The molecule has 0 bridgehead atoms. The molecular formula is C43H33N5. The molecule has 3 aromatic heterocycles. The second-order valence-electron chi connectivity index (χ2n) is 13.3. The molecule has 0 saturated carbocycles. The van der Waals surface area contributed by atoms with E-state index in [-0.39, 0.29) is 5.41 Å². The summed E-state index contributed by atoms with van der Waals surface area (Å²) in [6.07, 6.45) is 0. The summed E-state index contributed by atoms with van der Waals surface area (Å²) in [7, 11) is 0. The third-order valence-corrected chi connectivity index (χ3v) is 9.24. The van der Waals surface area contributed by atoms with Gasteiger partial charge in [0.15, 0.2) is 11.6 Å². The number of aromatic nitrogens is 5. The molecule has 48 heavy (non-hydrogen) atoms. The van der Waals surface area contributed by atoms with Gasteiger partial charge in [0.1, 0.15) is 5.82 Å². The summed E-state index contributed by atoms with van der Waals surface area (Å²) >= 11 is 0. The SMILES string of the molecule is CC(C)(C)c1nc(-c2ccccc2-n2c3ccccc3c3ccccc32)nc(-c2ccccc2-n2c3ccccc3c3ccccc32)n1. The molecule has 0 atom stereocenters. The van der Waals surface area contributed by atoms with Crippen LogP contribution in [0.5, 0.6) is 0 Å². The third kappa shape index (κ3) is 4.35. The molecule has 5 heteroatoms. The number of nitrogens with zero attached hydrogens (tertiary/aromatic N) is 5. The summed E-state index contributed by atoms with van der Waals surface area (Å²) < 4.78 is 4.68. The Balaban J connectivity index is 1.32. The van der Waals surface area contributed by atoms with Crippen molar-refractivity contribution in [3.05, 3.63) is 151 Å². The van der Waals surface area contributed by atoms with Crippen LogP contribution in [0.2, 0.25) is 0 Å². The Kier molecular flexibility index (Phi) is 6.31. The standard InChI is InChI=1S/C43H33N5/c1-43(2,3)42-45-40(32-20-8-14-26-38(32)47-34-22-10-4-16-28(34)29-17-5-11-23-35(29)47)44-41(46-42)33-21-9-15-27-39(33)48-36-24-12-6-18-30(36)31-19-7-13-25-37(31)48/h4-27H,1-3H3. The fraction of sp³-hybridized carbons (Fsp3) is 0.0930. The van der Waals surface area contributed by atoms with Crippen LogP contribution in [0.3, 0.4) is 0 Å². The Morgan fingerprint density at radius 3 is 1.04 bits per heavy atom. The Morgan fingerprint density at radius 2 is 0.688 bits per heavy atom. The molecule has 0 N–H and O–H groups in total. The molecule has 0 amide bonds. The Morgan fingerprint density at radius 1 is 0.375 bits per heavy atom. The van der Waals surface area contributed by atoms with Gasteiger partial charge in [-0.15, -0.1) is 0 Å². The molecule has 5 nitrogen and oxygen atoms in total. The summed E-state index contributed by atoms with van der Waals surface area (Å²) in [4.78, 5) is 15.7. The van der Waals surface area contributed by atoms with Crippen molar-refractivity contribution < 1.29 is 0 Å². The maximum absolute atomic E-state index is 5.30. The highest BCUT2D eigenvalue weighted by Crippen LogP contribution is 2.38. The van der Waals surface area contributed by atoms with Crippen LogP contribution >= 0.6 is 0 Å². The van der Waals surface area contributed by atoms with Crippen LogP contribution in [-0.2, 0) is 5.41 Å². The molecule has 0 aliphatic heterocycles. The lowest BCUT2D eigenvalue weighted by Gasteiger charge is -2.20. The van der Waals surface area contributed by atoms with E-state index < -0.39 is 0 Å². The topological polar surface area (TPSA) is 48.5 Å². The van der Waals surface area contributed by atoms with E-state index in [9.17, 15) is 0 Å². The molecule has 9 aromatic rings. The van der Waals surface area contributed by atoms with Crippen LogP contribution in [0, 0.1) is 0 Å². The normalized spacial score (nSPS) is 12.1. The second-order valence-corrected chi connectivity index (χ2v) is 13.3. The fourth-order valence-electron chi connectivity index (χ4n) is 7.03. The molecule has 9 rings (SSSR count). The lowest BCUT2D eigenvalue weighted by atomic mass is 9.95. The van der Waals surface area contributed by atoms with Gasteiger partial charge in [0.05, 0.1) is 33.4 Å². The van der Waals surface area contributed by atoms with Gasteiger partial charge in [-0.05, 0) is 48.5 Å². The first kappa shape index (κ1) is 28.2. The van der Waals surface area contributed by atoms with Crippen LogP contribution in [0.4, 0.5) is 0 Å². The number of rotatable bonds is 4. The second kappa shape index (κ2) is 10.7. The van der Waals surface area contributed by atoms with Crippen molar-refractivity contribution in [1.29, 1.82) is 0 Å². The van der Waals surface area contributed by atoms with Gasteiger partial charge in [-0.1, -0.05) is 118 Å². The minimum atomic E-state index is -0.310. The third-order valence-electron chi connectivity index (χ3n) is 9.24. The molecular weight excluding hydrogens is 587 g/mol. The van der Waals surface area contributed by atoms with E-state index in [1.165, 1.54) is 21.5 Å². The summed E-state index contributed by atoms with van der Waals surface area (Å²) in [6.45, 7) is 6.48. The van der Waals surface area contributed by atoms with Gasteiger partial charge in [-0.2, -0.15) is 0 Å². The Bertz CT molecular complexity index is 2390. The first-order chi connectivity index (χ1) is 23.5. The lowest BCUT2D eigenvalue weighted by molar-refractivity contribution is 0.543. The van der Waals surface area contributed by atoms with Crippen LogP contribution in [-0.4, -0.2) is 24.1 Å². The number of hydrogen-bond donors (Lipinski definition) is 0. The van der Waals surface area contributed by atoms with E-state index >= 15 is 0 Å². The van der Waals surface area contributed by atoms with Crippen molar-refractivity contribution in [3.63, 3.8) is 0 Å². The average Bonchev–Trinajstić information content (AvgIpc) is 3.64.